The molecule has 0 aliphatic rings. The Kier molecular flexibility index (Phi) is 5.02. The van der Waals surface area contributed by atoms with E-state index in [2.05, 4.69) is 23.8 Å². The molecule has 0 amide bonds. The first-order valence-electron chi connectivity index (χ1n) is 5.95. The van der Waals surface area contributed by atoms with Crippen LogP contribution in [0.25, 0.3) is 0 Å². The van der Waals surface area contributed by atoms with Crippen LogP contribution >= 0.6 is 0 Å². The number of nitrogens with two attached hydrogens (primary N) is 1. The maximum Gasteiger partial charge on any atom is 0.218 e. The zero-order valence-electron chi connectivity index (χ0n) is 10.4. The lowest BCUT2D eigenvalue weighted by Gasteiger charge is -2.13. The van der Waals surface area contributed by atoms with Gasteiger partial charge in [-0.1, -0.05) is 20.3 Å². The van der Waals surface area contributed by atoms with E-state index in [9.17, 15) is 0 Å². The van der Waals surface area contributed by atoms with Gasteiger partial charge in [-0.3, -0.25) is 0 Å². The Morgan fingerprint density at radius 2 is 2.06 bits per heavy atom. The molecule has 0 saturated heterocycles. The summed E-state index contributed by atoms with van der Waals surface area (Å²) in [6.07, 6.45) is 4.14. The molecular formula is C12H21N3O. The summed E-state index contributed by atoms with van der Waals surface area (Å²) in [5.41, 5.74) is 5.71. The summed E-state index contributed by atoms with van der Waals surface area (Å²) >= 11 is 0. The Balaban J connectivity index is 2.71. The van der Waals surface area contributed by atoms with Gasteiger partial charge in [0.25, 0.3) is 0 Å². The van der Waals surface area contributed by atoms with Crippen LogP contribution in [0.5, 0.6) is 5.88 Å². The van der Waals surface area contributed by atoms with Gasteiger partial charge in [0.2, 0.25) is 5.88 Å². The minimum absolute atomic E-state index is 0.175. The molecule has 0 fully saturated rings. The predicted molar refractivity (Wildman–Crippen MR) is 65.4 cm³/mol. The van der Waals surface area contributed by atoms with Crippen LogP contribution in [0.15, 0.2) is 6.07 Å². The first kappa shape index (κ1) is 12.7. The second-order valence-corrected chi connectivity index (χ2v) is 4.01. The van der Waals surface area contributed by atoms with Gasteiger partial charge in [-0.05, 0) is 19.8 Å². The smallest absolute Gasteiger partial charge is 0.218 e. The number of hydrogen-bond acceptors (Lipinski definition) is 4. The first-order valence-corrected chi connectivity index (χ1v) is 5.95. The highest BCUT2D eigenvalue weighted by molar-refractivity contribution is 5.32. The van der Waals surface area contributed by atoms with Crippen molar-refractivity contribution in [1.82, 2.24) is 9.97 Å². The van der Waals surface area contributed by atoms with Gasteiger partial charge in [0.1, 0.15) is 11.6 Å². The van der Waals surface area contributed by atoms with Crippen LogP contribution in [-0.4, -0.2) is 16.1 Å². The van der Waals surface area contributed by atoms with E-state index < -0.39 is 0 Å². The maximum atomic E-state index is 5.71. The van der Waals surface area contributed by atoms with Crippen LogP contribution in [0.4, 0.5) is 5.82 Å². The molecule has 1 rings (SSSR count). The Hall–Kier alpha value is -1.32. The summed E-state index contributed by atoms with van der Waals surface area (Å²) in [5, 5.41) is 0. The molecule has 1 heterocycles. The largest absolute Gasteiger partial charge is 0.475 e. The molecule has 0 spiro atoms. The average Bonchev–Trinajstić information content (AvgIpc) is 2.17. The standard InChI is InChI=1S/C12H21N3O/c1-4-6-9(3)16-12-8-10(13)14-11(15-12)7-5-2/h8-9H,4-7H2,1-3H3,(H2,13,14,15). The third-order valence-corrected chi connectivity index (χ3v) is 2.26. The molecule has 2 N–H and O–H groups in total. The number of nitrogens with zero attached hydrogens (tertiary/aromatic N) is 2. The fourth-order valence-corrected chi connectivity index (χ4v) is 1.56. The minimum atomic E-state index is 0.175. The van der Waals surface area contributed by atoms with Gasteiger partial charge in [-0.25, -0.2) is 4.98 Å². The van der Waals surface area contributed by atoms with Gasteiger partial charge in [0.05, 0.1) is 6.10 Å². The average molecular weight is 223 g/mol. The monoisotopic (exact) mass is 223 g/mol. The molecule has 1 aromatic rings. The summed E-state index contributed by atoms with van der Waals surface area (Å²) in [6, 6.07) is 1.69. The van der Waals surface area contributed by atoms with E-state index in [0.717, 1.165) is 31.5 Å². The highest BCUT2D eigenvalue weighted by Gasteiger charge is 2.07. The molecule has 1 atom stereocenters. The third-order valence-electron chi connectivity index (χ3n) is 2.26. The highest BCUT2D eigenvalue weighted by atomic mass is 16.5. The molecular weight excluding hydrogens is 202 g/mol. The zero-order chi connectivity index (χ0) is 12.0. The zero-order valence-corrected chi connectivity index (χ0v) is 10.4. The normalized spacial score (nSPS) is 12.4. The second kappa shape index (κ2) is 6.30. The van der Waals surface area contributed by atoms with E-state index >= 15 is 0 Å². The summed E-state index contributed by atoms with van der Waals surface area (Å²) in [4.78, 5) is 8.50. The summed E-state index contributed by atoms with van der Waals surface area (Å²) in [5.74, 6) is 1.84. The van der Waals surface area contributed by atoms with Crippen molar-refractivity contribution in [3.63, 3.8) is 0 Å². The molecule has 0 aliphatic heterocycles. The van der Waals surface area contributed by atoms with E-state index in [-0.39, 0.29) is 6.10 Å². The molecule has 90 valence electrons. The van der Waals surface area contributed by atoms with E-state index in [0.29, 0.717) is 11.7 Å². The molecule has 0 aliphatic carbocycles. The highest BCUT2D eigenvalue weighted by Crippen LogP contribution is 2.15. The van der Waals surface area contributed by atoms with Crippen LogP contribution in [0.3, 0.4) is 0 Å². The van der Waals surface area contributed by atoms with Gasteiger partial charge >= 0.3 is 0 Å². The van der Waals surface area contributed by atoms with E-state index in [1.54, 1.807) is 6.07 Å². The van der Waals surface area contributed by atoms with Crippen LogP contribution in [-0.2, 0) is 6.42 Å². The lowest BCUT2D eigenvalue weighted by Crippen LogP contribution is -2.13. The first-order chi connectivity index (χ1) is 7.65. The molecule has 4 heteroatoms. The molecule has 0 bridgehead atoms. The van der Waals surface area contributed by atoms with Gasteiger partial charge in [0.15, 0.2) is 0 Å². The maximum absolute atomic E-state index is 5.71. The van der Waals surface area contributed by atoms with Crippen LogP contribution in [0, 0.1) is 0 Å². The Bertz CT molecular complexity index is 328. The van der Waals surface area contributed by atoms with Crippen molar-refractivity contribution in [3.8, 4) is 5.88 Å². The van der Waals surface area contributed by atoms with Crippen molar-refractivity contribution in [2.75, 3.05) is 5.73 Å². The molecule has 4 nitrogen and oxygen atoms in total. The number of ether oxygens (including phenoxy) is 1. The summed E-state index contributed by atoms with van der Waals surface area (Å²) < 4.78 is 5.69. The van der Waals surface area contributed by atoms with E-state index in [1.165, 1.54) is 0 Å². The summed E-state index contributed by atoms with van der Waals surface area (Å²) in [7, 11) is 0. The SMILES string of the molecule is CCCc1nc(N)cc(OC(C)CCC)n1. The number of hydrogen-bond donors (Lipinski definition) is 1. The number of rotatable bonds is 6. The predicted octanol–water partition coefficient (Wildman–Crippen LogP) is 2.58. The lowest BCUT2D eigenvalue weighted by atomic mass is 10.2. The quantitative estimate of drug-likeness (QED) is 0.805. The van der Waals surface area contributed by atoms with Crippen LogP contribution < -0.4 is 10.5 Å². The van der Waals surface area contributed by atoms with E-state index in [4.69, 9.17) is 10.5 Å². The third kappa shape index (κ3) is 4.04. The Labute approximate surface area is 97.2 Å². The summed E-state index contributed by atoms with van der Waals surface area (Å²) in [6.45, 7) is 6.27. The van der Waals surface area contributed by atoms with Crippen molar-refractivity contribution < 1.29 is 4.74 Å². The minimum Gasteiger partial charge on any atom is -0.475 e. The Morgan fingerprint density at radius 1 is 1.31 bits per heavy atom. The second-order valence-electron chi connectivity index (χ2n) is 4.01. The van der Waals surface area contributed by atoms with Gasteiger partial charge < -0.3 is 10.5 Å². The molecule has 1 unspecified atom stereocenters. The van der Waals surface area contributed by atoms with Gasteiger partial charge in [0, 0.05) is 12.5 Å². The molecule has 0 radical (unpaired) electrons. The fourth-order valence-electron chi connectivity index (χ4n) is 1.56. The van der Waals surface area contributed by atoms with Crippen LogP contribution in [0.2, 0.25) is 0 Å². The number of nitrogen functional groups attached to an aromatic ring is 1. The number of anilines is 1. The number of aryl methyl sites for hydroxylation is 1. The van der Waals surface area contributed by atoms with Crippen molar-refractivity contribution in [1.29, 1.82) is 0 Å². The van der Waals surface area contributed by atoms with Crippen molar-refractivity contribution in [2.45, 2.75) is 52.6 Å². The van der Waals surface area contributed by atoms with Crippen LogP contribution in [0.1, 0.15) is 45.9 Å². The van der Waals surface area contributed by atoms with Crippen molar-refractivity contribution in [2.24, 2.45) is 0 Å². The number of aromatic nitrogens is 2. The van der Waals surface area contributed by atoms with Crippen molar-refractivity contribution >= 4 is 5.82 Å². The fraction of sp³-hybridized carbons (Fsp3) is 0.667. The molecule has 1 aromatic heterocycles. The van der Waals surface area contributed by atoms with Gasteiger partial charge in [-0.2, -0.15) is 4.98 Å². The topological polar surface area (TPSA) is 61.0 Å². The van der Waals surface area contributed by atoms with Crippen molar-refractivity contribution in [3.05, 3.63) is 11.9 Å². The lowest BCUT2D eigenvalue weighted by molar-refractivity contribution is 0.200. The Morgan fingerprint density at radius 3 is 2.69 bits per heavy atom. The van der Waals surface area contributed by atoms with Gasteiger partial charge in [-0.15, -0.1) is 0 Å². The molecule has 0 saturated carbocycles. The molecule has 0 aromatic carbocycles. The van der Waals surface area contributed by atoms with E-state index in [1.807, 2.05) is 6.92 Å². The molecule has 16 heavy (non-hydrogen) atoms.